The van der Waals surface area contributed by atoms with Gasteiger partial charge in [-0.2, -0.15) is 5.10 Å². The first kappa shape index (κ1) is 13.3. The maximum Gasteiger partial charge on any atom is 0.203 e. The van der Waals surface area contributed by atoms with Crippen LogP contribution in [0.3, 0.4) is 0 Å². The van der Waals surface area contributed by atoms with Crippen LogP contribution in [0.5, 0.6) is 0 Å². The fourth-order valence-electron chi connectivity index (χ4n) is 3.33. The van der Waals surface area contributed by atoms with Gasteiger partial charge in [0.25, 0.3) is 0 Å². The molecule has 4 rings (SSSR count). The number of aryl methyl sites for hydroxylation is 1. The lowest BCUT2D eigenvalue weighted by Gasteiger charge is -2.14. The first-order valence-corrected chi connectivity index (χ1v) is 7.53. The number of hydrogen-bond acceptors (Lipinski definition) is 4. The molecule has 0 unspecified atom stereocenters. The number of aliphatic hydroxyl groups excluding tert-OH is 1. The molecule has 3 heterocycles. The smallest absolute Gasteiger partial charge is 0.203 e. The molecule has 1 aliphatic rings. The van der Waals surface area contributed by atoms with Gasteiger partial charge in [0.1, 0.15) is 0 Å². The molecule has 2 atom stereocenters. The number of nitrogens with one attached hydrogen (secondary N) is 1. The number of imidazole rings is 1. The van der Waals surface area contributed by atoms with Crippen LogP contribution in [0.15, 0.2) is 36.7 Å². The molecule has 22 heavy (non-hydrogen) atoms. The van der Waals surface area contributed by atoms with Gasteiger partial charge < -0.3 is 15.0 Å². The van der Waals surface area contributed by atoms with Crippen LogP contribution in [0.2, 0.25) is 0 Å². The molecule has 0 spiro atoms. The predicted molar refractivity (Wildman–Crippen MR) is 84.8 cm³/mol. The largest absolute Gasteiger partial charge is 0.396 e. The first-order valence-electron chi connectivity index (χ1n) is 7.53. The third-order valence-electron chi connectivity index (χ3n) is 4.50. The Morgan fingerprint density at radius 2 is 2.18 bits per heavy atom. The van der Waals surface area contributed by atoms with Gasteiger partial charge in [0.05, 0.1) is 17.2 Å². The number of benzene rings is 1. The summed E-state index contributed by atoms with van der Waals surface area (Å²) < 4.78 is 1.81. The van der Waals surface area contributed by atoms with Crippen molar-refractivity contribution in [2.45, 2.75) is 5.92 Å². The third-order valence-corrected chi connectivity index (χ3v) is 4.50. The number of H-pyrrole nitrogens is 1. The van der Waals surface area contributed by atoms with Crippen molar-refractivity contribution in [3.8, 4) is 0 Å². The lowest BCUT2D eigenvalue weighted by atomic mass is 9.92. The highest BCUT2D eigenvalue weighted by Crippen LogP contribution is 2.34. The van der Waals surface area contributed by atoms with Crippen LogP contribution >= 0.6 is 0 Å². The lowest BCUT2D eigenvalue weighted by Crippen LogP contribution is -2.21. The van der Waals surface area contributed by atoms with Crippen LogP contribution in [0.1, 0.15) is 11.5 Å². The van der Waals surface area contributed by atoms with Crippen molar-refractivity contribution >= 4 is 17.0 Å². The molecule has 0 aliphatic carbocycles. The molecule has 1 fully saturated rings. The molecule has 2 N–H and O–H groups in total. The normalized spacial score (nSPS) is 21.8. The Bertz CT molecular complexity index is 760. The molecular formula is C16H19N5O. The van der Waals surface area contributed by atoms with Crippen LogP contribution in [0, 0.1) is 5.92 Å². The zero-order chi connectivity index (χ0) is 15.1. The van der Waals surface area contributed by atoms with Crippen LogP contribution in [0.25, 0.3) is 11.0 Å². The van der Waals surface area contributed by atoms with E-state index in [0.717, 1.165) is 30.1 Å². The van der Waals surface area contributed by atoms with E-state index in [2.05, 4.69) is 20.0 Å². The van der Waals surface area contributed by atoms with Gasteiger partial charge in [0.15, 0.2) is 0 Å². The Morgan fingerprint density at radius 3 is 2.91 bits per heavy atom. The third kappa shape index (κ3) is 2.16. The number of fused-ring (bicyclic) bond motifs is 1. The van der Waals surface area contributed by atoms with E-state index in [9.17, 15) is 5.11 Å². The summed E-state index contributed by atoms with van der Waals surface area (Å²) in [4.78, 5) is 10.3. The van der Waals surface area contributed by atoms with E-state index in [0.29, 0.717) is 0 Å². The molecule has 0 saturated carbocycles. The average molecular weight is 297 g/mol. The number of hydrogen-bond donors (Lipinski definition) is 2. The maximum absolute atomic E-state index is 9.72. The van der Waals surface area contributed by atoms with E-state index in [-0.39, 0.29) is 18.4 Å². The Labute approximate surface area is 128 Å². The van der Waals surface area contributed by atoms with Crippen molar-refractivity contribution in [3.63, 3.8) is 0 Å². The van der Waals surface area contributed by atoms with Crippen LogP contribution in [0.4, 0.5) is 5.95 Å². The highest BCUT2D eigenvalue weighted by molar-refractivity contribution is 5.77. The number of nitrogens with zero attached hydrogens (tertiary/aromatic N) is 4. The highest BCUT2D eigenvalue weighted by Gasteiger charge is 2.35. The number of aliphatic hydroxyl groups is 1. The minimum Gasteiger partial charge on any atom is -0.396 e. The molecule has 3 aromatic rings. The van der Waals surface area contributed by atoms with Crippen molar-refractivity contribution in [2.75, 3.05) is 24.6 Å². The summed E-state index contributed by atoms with van der Waals surface area (Å²) >= 11 is 0. The second-order valence-electron chi connectivity index (χ2n) is 5.98. The lowest BCUT2D eigenvalue weighted by molar-refractivity contribution is 0.227. The fourth-order valence-corrected chi connectivity index (χ4v) is 3.33. The van der Waals surface area contributed by atoms with Crippen LogP contribution in [-0.4, -0.2) is 44.6 Å². The standard InChI is InChI=1S/C16H19N5O/c1-20-7-11(6-17-20)13-9-21(8-12(13)10-22)16-18-14-4-2-3-5-15(14)19-16/h2-7,12-13,22H,8-10H2,1H3,(H,18,19)/t12-,13-/m0/s1. The Balaban J connectivity index is 1.63. The second-order valence-corrected chi connectivity index (χ2v) is 5.98. The van der Waals surface area contributed by atoms with Crippen molar-refractivity contribution in [2.24, 2.45) is 13.0 Å². The summed E-state index contributed by atoms with van der Waals surface area (Å²) in [6.45, 7) is 1.82. The number of aromatic nitrogens is 4. The van der Waals surface area contributed by atoms with E-state index >= 15 is 0 Å². The molecule has 1 aliphatic heterocycles. The molecule has 2 aromatic heterocycles. The van der Waals surface area contributed by atoms with E-state index in [1.54, 1.807) is 0 Å². The first-order chi connectivity index (χ1) is 10.7. The van der Waals surface area contributed by atoms with Crippen LogP contribution in [-0.2, 0) is 7.05 Å². The van der Waals surface area contributed by atoms with Crippen LogP contribution < -0.4 is 4.90 Å². The number of para-hydroxylation sites is 2. The minimum atomic E-state index is 0.177. The molecule has 1 aromatic carbocycles. The Hall–Kier alpha value is -2.34. The van der Waals surface area contributed by atoms with Gasteiger partial charge in [0.2, 0.25) is 5.95 Å². The summed E-state index contributed by atoms with van der Waals surface area (Å²) in [7, 11) is 1.92. The molecule has 114 valence electrons. The quantitative estimate of drug-likeness (QED) is 0.769. The summed E-state index contributed by atoms with van der Waals surface area (Å²) in [6.07, 6.45) is 3.94. The zero-order valence-electron chi connectivity index (χ0n) is 12.5. The summed E-state index contributed by atoms with van der Waals surface area (Å²) in [5, 5.41) is 14.0. The van der Waals surface area contributed by atoms with Crippen molar-refractivity contribution in [1.29, 1.82) is 0 Å². The predicted octanol–water partition coefficient (Wildman–Crippen LogP) is 1.51. The van der Waals surface area contributed by atoms with Gasteiger partial charge in [0, 0.05) is 44.8 Å². The number of rotatable bonds is 3. The SMILES string of the molecule is Cn1cc([C@@H]2CN(c3nc4ccccc4[nH]3)C[C@H]2CO)cn1. The summed E-state index contributed by atoms with van der Waals surface area (Å²) in [5.74, 6) is 1.37. The van der Waals surface area contributed by atoms with E-state index in [1.165, 1.54) is 5.56 Å². The molecule has 0 amide bonds. The highest BCUT2D eigenvalue weighted by atomic mass is 16.3. The minimum absolute atomic E-state index is 0.177. The average Bonchev–Trinajstić information content (AvgIpc) is 3.23. The van der Waals surface area contributed by atoms with Crippen molar-refractivity contribution in [3.05, 3.63) is 42.2 Å². The van der Waals surface area contributed by atoms with Crippen molar-refractivity contribution in [1.82, 2.24) is 19.7 Å². The van der Waals surface area contributed by atoms with E-state index < -0.39 is 0 Å². The van der Waals surface area contributed by atoms with E-state index in [4.69, 9.17) is 0 Å². The van der Waals surface area contributed by atoms with Gasteiger partial charge in [-0.25, -0.2) is 4.98 Å². The van der Waals surface area contributed by atoms with Gasteiger partial charge in [-0.3, -0.25) is 4.68 Å². The summed E-state index contributed by atoms with van der Waals surface area (Å²) in [6, 6.07) is 8.03. The molecular weight excluding hydrogens is 278 g/mol. The zero-order valence-corrected chi connectivity index (χ0v) is 12.5. The van der Waals surface area contributed by atoms with Gasteiger partial charge in [-0.05, 0) is 17.7 Å². The molecule has 0 bridgehead atoms. The fraction of sp³-hybridized carbons (Fsp3) is 0.375. The van der Waals surface area contributed by atoms with E-state index in [1.807, 2.05) is 48.4 Å². The van der Waals surface area contributed by atoms with Crippen molar-refractivity contribution < 1.29 is 5.11 Å². The molecule has 1 saturated heterocycles. The monoisotopic (exact) mass is 297 g/mol. The van der Waals surface area contributed by atoms with Gasteiger partial charge in [-0.1, -0.05) is 12.1 Å². The Morgan fingerprint density at radius 1 is 1.32 bits per heavy atom. The second kappa shape index (κ2) is 5.14. The van der Waals surface area contributed by atoms with Gasteiger partial charge in [-0.15, -0.1) is 0 Å². The summed E-state index contributed by atoms with van der Waals surface area (Å²) in [5.41, 5.74) is 3.20. The number of anilines is 1. The molecule has 6 nitrogen and oxygen atoms in total. The maximum atomic E-state index is 9.72. The molecule has 6 heteroatoms. The Kier molecular flexibility index (Phi) is 3.11. The van der Waals surface area contributed by atoms with Gasteiger partial charge >= 0.3 is 0 Å². The molecule has 0 radical (unpaired) electrons. The topological polar surface area (TPSA) is 70.0 Å². The number of aromatic amines is 1.